The van der Waals surface area contributed by atoms with Gasteiger partial charge in [0.05, 0.1) is 0 Å². The van der Waals surface area contributed by atoms with Crippen molar-refractivity contribution in [1.82, 2.24) is 5.32 Å². The highest BCUT2D eigenvalue weighted by Gasteiger charge is 2.19. The third kappa shape index (κ3) is 4.66. The Kier molecular flexibility index (Phi) is 4.94. The largest absolute Gasteiger partial charge is 0.353 e. The van der Waals surface area contributed by atoms with Gasteiger partial charge in [-0.1, -0.05) is 19.1 Å². The molecule has 0 bridgehead atoms. The third-order valence-electron chi connectivity index (χ3n) is 3.91. The number of benzene rings is 1. The maximum Gasteiger partial charge on any atom is 0.220 e. The van der Waals surface area contributed by atoms with Crippen molar-refractivity contribution in [3.8, 4) is 0 Å². The second kappa shape index (κ2) is 6.69. The van der Waals surface area contributed by atoms with Crippen LogP contribution >= 0.6 is 0 Å². The summed E-state index contributed by atoms with van der Waals surface area (Å²) in [6.07, 6.45) is 5.63. The number of carbonyl (C=O) groups excluding carboxylic acids is 1. The molecule has 2 rings (SSSR count). The molecule has 0 aromatic heterocycles. The molecule has 3 heteroatoms. The molecule has 1 saturated carbocycles. The fourth-order valence-electron chi connectivity index (χ4n) is 2.65. The molecule has 0 saturated heterocycles. The van der Waals surface area contributed by atoms with Gasteiger partial charge in [0.1, 0.15) is 5.82 Å². The summed E-state index contributed by atoms with van der Waals surface area (Å²) in [6, 6.07) is 6.81. The monoisotopic (exact) mass is 263 g/mol. The molecule has 0 spiro atoms. The lowest BCUT2D eigenvalue weighted by Gasteiger charge is -2.26. The summed E-state index contributed by atoms with van der Waals surface area (Å²) < 4.78 is 13.0. The van der Waals surface area contributed by atoms with Crippen LogP contribution in [0.1, 0.15) is 44.6 Å². The molecule has 0 radical (unpaired) electrons. The van der Waals surface area contributed by atoms with E-state index in [0.29, 0.717) is 18.9 Å². The van der Waals surface area contributed by atoms with E-state index >= 15 is 0 Å². The van der Waals surface area contributed by atoms with Crippen LogP contribution in [0.2, 0.25) is 0 Å². The number of amides is 1. The molecule has 1 aliphatic rings. The van der Waals surface area contributed by atoms with E-state index in [-0.39, 0.29) is 11.7 Å². The zero-order chi connectivity index (χ0) is 13.7. The first-order valence-electron chi connectivity index (χ1n) is 7.17. The molecule has 1 aliphatic carbocycles. The first kappa shape index (κ1) is 14.0. The number of rotatable bonds is 4. The minimum Gasteiger partial charge on any atom is -0.353 e. The molecule has 0 unspecified atom stereocenters. The summed E-state index contributed by atoms with van der Waals surface area (Å²) in [7, 11) is 0. The number of halogens is 1. The Labute approximate surface area is 114 Å². The van der Waals surface area contributed by atoms with Crippen molar-refractivity contribution in [2.45, 2.75) is 51.5 Å². The molecular weight excluding hydrogens is 241 g/mol. The van der Waals surface area contributed by atoms with Gasteiger partial charge in [-0.3, -0.25) is 4.79 Å². The van der Waals surface area contributed by atoms with E-state index < -0.39 is 0 Å². The first-order chi connectivity index (χ1) is 9.13. The lowest BCUT2D eigenvalue weighted by molar-refractivity contribution is -0.122. The highest BCUT2D eigenvalue weighted by atomic mass is 19.1. The van der Waals surface area contributed by atoms with Gasteiger partial charge in [0, 0.05) is 12.5 Å². The Morgan fingerprint density at radius 2 is 2.05 bits per heavy atom. The first-order valence-corrected chi connectivity index (χ1v) is 7.17. The van der Waals surface area contributed by atoms with Gasteiger partial charge in [-0.25, -0.2) is 4.39 Å². The fraction of sp³-hybridized carbons (Fsp3) is 0.562. The Balaban J connectivity index is 1.73. The number of hydrogen-bond donors (Lipinski definition) is 1. The van der Waals surface area contributed by atoms with Crippen LogP contribution in [0.25, 0.3) is 0 Å². The van der Waals surface area contributed by atoms with Gasteiger partial charge in [0.15, 0.2) is 0 Å². The topological polar surface area (TPSA) is 29.1 Å². The van der Waals surface area contributed by atoms with Gasteiger partial charge < -0.3 is 5.32 Å². The molecule has 1 aromatic carbocycles. The summed E-state index contributed by atoms with van der Waals surface area (Å²) in [5, 5.41) is 3.09. The van der Waals surface area contributed by atoms with Crippen LogP contribution < -0.4 is 5.32 Å². The molecular formula is C16H22FNO. The fourth-order valence-corrected chi connectivity index (χ4v) is 2.65. The highest BCUT2D eigenvalue weighted by Crippen LogP contribution is 2.23. The van der Waals surface area contributed by atoms with E-state index in [9.17, 15) is 9.18 Å². The van der Waals surface area contributed by atoms with Gasteiger partial charge in [0.25, 0.3) is 0 Å². The van der Waals surface area contributed by atoms with Gasteiger partial charge >= 0.3 is 0 Å². The van der Waals surface area contributed by atoms with E-state index in [0.717, 1.165) is 24.3 Å². The molecule has 1 N–H and O–H groups in total. The normalized spacial score (nSPS) is 23.1. The van der Waals surface area contributed by atoms with Crippen LogP contribution in [0.5, 0.6) is 0 Å². The highest BCUT2D eigenvalue weighted by molar-refractivity contribution is 5.76. The van der Waals surface area contributed by atoms with Crippen molar-refractivity contribution in [3.63, 3.8) is 0 Å². The van der Waals surface area contributed by atoms with Gasteiger partial charge in [-0.2, -0.15) is 0 Å². The molecule has 0 heterocycles. The molecule has 1 amide bonds. The average Bonchev–Trinajstić information content (AvgIpc) is 2.39. The zero-order valence-corrected chi connectivity index (χ0v) is 11.5. The Morgan fingerprint density at radius 3 is 2.74 bits per heavy atom. The Hall–Kier alpha value is -1.38. The van der Waals surface area contributed by atoms with Gasteiger partial charge in [-0.05, 0) is 55.7 Å². The summed E-state index contributed by atoms with van der Waals surface area (Å²) in [4.78, 5) is 11.8. The molecule has 1 aromatic rings. The molecule has 104 valence electrons. The van der Waals surface area contributed by atoms with Crippen molar-refractivity contribution >= 4 is 5.91 Å². The summed E-state index contributed by atoms with van der Waals surface area (Å²) in [5.74, 6) is 0.642. The number of carbonyl (C=O) groups is 1. The molecule has 0 aliphatic heterocycles. The van der Waals surface area contributed by atoms with Crippen LogP contribution in [0, 0.1) is 11.7 Å². The van der Waals surface area contributed by atoms with Crippen molar-refractivity contribution in [2.75, 3.05) is 0 Å². The van der Waals surface area contributed by atoms with E-state index in [1.165, 1.54) is 25.0 Å². The maximum absolute atomic E-state index is 13.0. The Morgan fingerprint density at radius 1 is 1.32 bits per heavy atom. The average molecular weight is 263 g/mol. The van der Waals surface area contributed by atoms with E-state index in [4.69, 9.17) is 0 Å². The molecule has 0 atom stereocenters. The van der Waals surface area contributed by atoms with E-state index in [2.05, 4.69) is 12.2 Å². The predicted molar refractivity (Wildman–Crippen MR) is 74.3 cm³/mol. The number of aryl methyl sites for hydroxylation is 1. The second-order valence-electron chi connectivity index (χ2n) is 5.65. The van der Waals surface area contributed by atoms with Crippen molar-refractivity contribution in [2.24, 2.45) is 5.92 Å². The van der Waals surface area contributed by atoms with Crippen molar-refractivity contribution in [3.05, 3.63) is 35.6 Å². The Bertz CT molecular complexity index is 425. The summed E-state index contributed by atoms with van der Waals surface area (Å²) >= 11 is 0. The van der Waals surface area contributed by atoms with Crippen molar-refractivity contribution in [1.29, 1.82) is 0 Å². The minimum absolute atomic E-state index is 0.0869. The summed E-state index contributed by atoms with van der Waals surface area (Å²) in [6.45, 7) is 2.27. The van der Waals surface area contributed by atoms with E-state index in [1.54, 1.807) is 6.07 Å². The number of nitrogens with one attached hydrogen (secondary N) is 1. The summed E-state index contributed by atoms with van der Waals surface area (Å²) in [5.41, 5.74) is 0.882. The van der Waals surface area contributed by atoms with Crippen LogP contribution in [0.4, 0.5) is 4.39 Å². The molecule has 19 heavy (non-hydrogen) atoms. The maximum atomic E-state index is 13.0. The van der Waals surface area contributed by atoms with Crippen LogP contribution in [0.3, 0.4) is 0 Å². The zero-order valence-electron chi connectivity index (χ0n) is 11.5. The molecule has 2 nitrogen and oxygen atoms in total. The van der Waals surface area contributed by atoms with Crippen LogP contribution in [-0.4, -0.2) is 11.9 Å². The second-order valence-corrected chi connectivity index (χ2v) is 5.65. The van der Waals surface area contributed by atoms with Crippen LogP contribution in [-0.2, 0) is 11.2 Å². The lowest BCUT2D eigenvalue weighted by atomic mass is 9.87. The quantitative estimate of drug-likeness (QED) is 0.885. The lowest BCUT2D eigenvalue weighted by Crippen LogP contribution is -2.37. The van der Waals surface area contributed by atoms with E-state index in [1.807, 2.05) is 6.07 Å². The van der Waals surface area contributed by atoms with Gasteiger partial charge in [-0.15, -0.1) is 0 Å². The smallest absolute Gasteiger partial charge is 0.220 e. The van der Waals surface area contributed by atoms with Gasteiger partial charge in [0.2, 0.25) is 5.91 Å². The third-order valence-corrected chi connectivity index (χ3v) is 3.91. The predicted octanol–water partition coefficient (Wildman–Crippen LogP) is 3.45. The number of hydrogen-bond acceptors (Lipinski definition) is 1. The minimum atomic E-state index is -0.237. The van der Waals surface area contributed by atoms with Crippen LogP contribution in [0.15, 0.2) is 24.3 Å². The van der Waals surface area contributed by atoms with Crippen molar-refractivity contribution < 1.29 is 9.18 Å². The SMILES string of the molecule is CC1CCC(NC(=O)CCc2cccc(F)c2)CC1. The molecule has 1 fully saturated rings. The standard InChI is InChI=1S/C16H22FNO/c1-12-5-8-15(9-6-12)18-16(19)10-7-13-3-2-4-14(17)11-13/h2-4,11-12,15H,5-10H2,1H3,(H,18,19).